The Morgan fingerprint density at radius 1 is 1.44 bits per heavy atom. The van der Waals surface area contributed by atoms with Gasteiger partial charge in [0, 0.05) is 6.54 Å². The van der Waals surface area contributed by atoms with Crippen molar-refractivity contribution >= 4 is 22.5 Å². The fourth-order valence-electron chi connectivity index (χ4n) is 0.948. The summed E-state index contributed by atoms with van der Waals surface area (Å²) in [4.78, 5) is 11.3. The van der Waals surface area contributed by atoms with Crippen LogP contribution >= 0.6 is 11.3 Å². The van der Waals surface area contributed by atoms with Gasteiger partial charge in [0.15, 0.2) is 5.01 Å². The molecule has 0 saturated heterocycles. The first kappa shape index (κ1) is 14.7. The number of nitrogens with zero attached hydrogens (tertiary/aromatic N) is 2. The number of amides is 2. The fraction of sp³-hybridized carbons (Fsp3) is 0.667. The maximum Gasteiger partial charge on any atom is 0.321 e. The van der Waals surface area contributed by atoms with Crippen LogP contribution in [0.4, 0.5) is 18.7 Å². The van der Waals surface area contributed by atoms with Crippen LogP contribution in [0.2, 0.25) is 0 Å². The Hall–Kier alpha value is -1.35. The summed E-state index contributed by atoms with van der Waals surface area (Å²) >= 11 is 0.603. The van der Waals surface area contributed by atoms with Crippen LogP contribution in [0.15, 0.2) is 0 Å². The van der Waals surface area contributed by atoms with E-state index in [1.807, 2.05) is 13.8 Å². The number of aliphatic hydroxyl groups is 1. The Kier molecular flexibility index (Phi) is 5.35. The molecular weight excluding hydrogens is 266 g/mol. The lowest BCUT2D eigenvalue weighted by molar-refractivity contribution is 0.126. The number of rotatable bonds is 5. The Bertz CT molecular complexity index is 400. The maximum absolute atomic E-state index is 12.2. The fourth-order valence-corrected chi connectivity index (χ4v) is 1.54. The molecule has 2 amide bonds. The molecule has 9 heteroatoms. The highest BCUT2D eigenvalue weighted by molar-refractivity contribution is 7.15. The van der Waals surface area contributed by atoms with Gasteiger partial charge < -0.3 is 10.4 Å². The van der Waals surface area contributed by atoms with E-state index in [1.165, 1.54) is 0 Å². The van der Waals surface area contributed by atoms with Gasteiger partial charge in [0.05, 0.1) is 6.10 Å². The van der Waals surface area contributed by atoms with E-state index in [4.69, 9.17) is 0 Å². The lowest BCUT2D eigenvalue weighted by Crippen LogP contribution is -2.37. The van der Waals surface area contributed by atoms with E-state index in [2.05, 4.69) is 20.8 Å². The Morgan fingerprint density at radius 2 is 2.11 bits per heavy atom. The average molecular weight is 280 g/mol. The molecule has 1 atom stereocenters. The third-order valence-electron chi connectivity index (χ3n) is 2.09. The van der Waals surface area contributed by atoms with E-state index in [9.17, 15) is 18.7 Å². The van der Waals surface area contributed by atoms with Crippen LogP contribution in [0.1, 0.15) is 25.3 Å². The van der Waals surface area contributed by atoms with Gasteiger partial charge in [-0.05, 0) is 5.92 Å². The van der Waals surface area contributed by atoms with Gasteiger partial charge in [0.2, 0.25) is 5.13 Å². The van der Waals surface area contributed by atoms with Crippen LogP contribution in [0.25, 0.3) is 0 Å². The number of alkyl halides is 2. The first-order valence-electron chi connectivity index (χ1n) is 5.24. The summed E-state index contributed by atoms with van der Waals surface area (Å²) in [5, 5.41) is 20.3. The van der Waals surface area contributed by atoms with Crippen LogP contribution in [0.3, 0.4) is 0 Å². The number of aliphatic hydroxyl groups excluding tert-OH is 1. The molecule has 1 aromatic rings. The molecule has 0 aliphatic carbocycles. The molecule has 0 unspecified atom stereocenters. The second-order valence-corrected chi connectivity index (χ2v) is 4.90. The van der Waals surface area contributed by atoms with Gasteiger partial charge >= 0.3 is 6.03 Å². The largest absolute Gasteiger partial charge is 0.391 e. The minimum atomic E-state index is -2.70. The summed E-state index contributed by atoms with van der Waals surface area (Å²) in [5.74, 6) is 0.0114. The first-order valence-corrected chi connectivity index (χ1v) is 6.06. The average Bonchev–Trinajstić information content (AvgIpc) is 2.74. The van der Waals surface area contributed by atoms with Gasteiger partial charge in [-0.25, -0.2) is 13.6 Å². The van der Waals surface area contributed by atoms with Crippen molar-refractivity contribution in [3.05, 3.63) is 5.01 Å². The van der Waals surface area contributed by atoms with Gasteiger partial charge in [-0.15, -0.1) is 10.2 Å². The van der Waals surface area contributed by atoms with Crippen molar-refractivity contribution < 1.29 is 18.7 Å². The molecule has 0 radical (unpaired) electrons. The summed E-state index contributed by atoms with van der Waals surface area (Å²) in [6.45, 7) is 3.69. The number of urea groups is 1. The highest BCUT2D eigenvalue weighted by Crippen LogP contribution is 2.24. The molecular formula is C9H14F2N4O2S. The van der Waals surface area contributed by atoms with E-state index in [1.54, 1.807) is 0 Å². The molecule has 1 aromatic heterocycles. The standard InChI is InChI=1S/C9H14F2N4O2S/c1-4(2)5(16)3-12-8(17)13-9-15-14-7(18-9)6(10)11/h4-6,16H,3H2,1-2H3,(H2,12,13,15,17)/t5-/m0/s1. The van der Waals surface area contributed by atoms with E-state index in [0.717, 1.165) is 0 Å². The van der Waals surface area contributed by atoms with Crippen LogP contribution in [0, 0.1) is 5.92 Å². The number of halogens is 2. The minimum Gasteiger partial charge on any atom is -0.391 e. The quantitative estimate of drug-likeness (QED) is 0.764. The number of aromatic nitrogens is 2. The molecule has 0 bridgehead atoms. The number of carbonyl (C=O) groups is 1. The molecule has 18 heavy (non-hydrogen) atoms. The Balaban J connectivity index is 2.40. The number of carbonyl (C=O) groups excluding carboxylic acids is 1. The van der Waals surface area contributed by atoms with Crippen molar-refractivity contribution in [3.63, 3.8) is 0 Å². The minimum absolute atomic E-state index is 0.0114. The zero-order chi connectivity index (χ0) is 13.7. The molecule has 1 rings (SSSR count). The van der Waals surface area contributed by atoms with E-state index < -0.39 is 23.6 Å². The molecule has 1 heterocycles. The summed E-state index contributed by atoms with van der Waals surface area (Å²) in [5.41, 5.74) is 0. The van der Waals surface area contributed by atoms with Crippen molar-refractivity contribution in [3.8, 4) is 0 Å². The predicted octanol–water partition coefficient (Wildman–Crippen LogP) is 1.61. The van der Waals surface area contributed by atoms with Gasteiger partial charge in [-0.2, -0.15) is 0 Å². The van der Waals surface area contributed by atoms with Crippen molar-refractivity contribution in [2.24, 2.45) is 5.92 Å². The molecule has 0 aromatic carbocycles. The molecule has 3 N–H and O–H groups in total. The van der Waals surface area contributed by atoms with Gasteiger partial charge in [0.1, 0.15) is 0 Å². The molecule has 0 spiro atoms. The monoisotopic (exact) mass is 280 g/mol. The molecule has 0 aliphatic heterocycles. The van der Waals surface area contributed by atoms with Crippen molar-refractivity contribution in [2.75, 3.05) is 11.9 Å². The summed E-state index contributed by atoms with van der Waals surface area (Å²) in [6, 6.07) is -0.619. The van der Waals surface area contributed by atoms with E-state index in [-0.39, 0.29) is 17.6 Å². The maximum atomic E-state index is 12.2. The second-order valence-electron chi connectivity index (χ2n) is 3.89. The zero-order valence-electron chi connectivity index (χ0n) is 9.85. The highest BCUT2D eigenvalue weighted by Gasteiger charge is 2.16. The lowest BCUT2D eigenvalue weighted by Gasteiger charge is -2.14. The number of nitrogens with one attached hydrogen (secondary N) is 2. The predicted molar refractivity (Wildman–Crippen MR) is 62.7 cm³/mol. The van der Waals surface area contributed by atoms with Crippen LogP contribution < -0.4 is 10.6 Å². The Labute approximate surface area is 106 Å². The van der Waals surface area contributed by atoms with Crippen LogP contribution in [-0.2, 0) is 0 Å². The van der Waals surface area contributed by atoms with Crippen LogP contribution in [-0.4, -0.2) is 34.0 Å². The number of anilines is 1. The van der Waals surface area contributed by atoms with Crippen molar-refractivity contribution in [1.29, 1.82) is 0 Å². The topological polar surface area (TPSA) is 87.1 Å². The molecule has 0 fully saturated rings. The van der Waals surface area contributed by atoms with E-state index in [0.29, 0.717) is 11.3 Å². The summed E-state index contributed by atoms with van der Waals surface area (Å²) < 4.78 is 24.4. The highest BCUT2D eigenvalue weighted by atomic mass is 32.1. The van der Waals surface area contributed by atoms with E-state index >= 15 is 0 Å². The molecule has 6 nitrogen and oxygen atoms in total. The number of hydrogen-bond donors (Lipinski definition) is 3. The first-order chi connectivity index (χ1) is 8.40. The summed E-state index contributed by atoms with van der Waals surface area (Å²) in [6.07, 6.45) is -3.37. The molecule has 102 valence electrons. The third-order valence-corrected chi connectivity index (χ3v) is 2.94. The number of hydrogen-bond acceptors (Lipinski definition) is 5. The van der Waals surface area contributed by atoms with Crippen LogP contribution in [0.5, 0.6) is 0 Å². The second kappa shape index (κ2) is 6.55. The SMILES string of the molecule is CC(C)[C@@H](O)CNC(=O)Nc1nnc(C(F)F)s1. The smallest absolute Gasteiger partial charge is 0.321 e. The normalized spacial score (nSPS) is 12.8. The summed E-state index contributed by atoms with van der Waals surface area (Å²) in [7, 11) is 0. The molecule has 0 saturated carbocycles. The Morgan fingerprint density at radius 3 is 2.61 bits per heavy atom. The molecule has 0 aliphatic rings. The van der Waals surface area contributed by atoms with Crippen molar-refractivity contribution in [2.45, 2.75) is 26.4 Å². The van der Waals surface area contributed by atoms with Gasteiger partial charge in [-0.1, -0.05) is 25.2 Å². The van der Waals surface area contributed by atoms with Gasteiger partial charge in [-0.3, -0.25) is 5.32 Å². The zero-order valence-corrected chi connectivity index (χ0v) is 10.7. The van der Waals surface area contributed by atoms with Crippen molar-refractivity contribution in [1.82, 2.24) is 15.5 Å². The third kappa shape index (κ3) is 4.49. The lowest BCUT2D eigenvalue weighted by atomic mass is 10.1. The van der Waals surface area contributed by atoms with Gasteiger partial charge in [0.25, 0.3) is 6.43 Å².